The molecule has 286 valence electrons. The Balaban J connectivity index is 1.99. The lowest BCUT2D eigenvalue weighted by atomic mass is 9.74. The summed E-state index contributed by atoms with van der Waals surface area (Å²) < 4.78 is 25.5. The molecule has 11 heteroatoms. The number of likely N-dealkylation sites (N-methyl/N-ethyl adjacent to an activating group) is 1. The molecule has 0 aliphatic carbocycles. The minimum Gasteiger partial charge on any atom is -0.460 e. The molecule has 0 aromatic heterocycles. The molecular formula is C38H72N4O7. The van der Waals surface area contributed by atoms with E-state index in [4.69, 9.17) is 18.9 Å². The molecule has 0 radical (unpaired) electrons. The second kappa shape index (κ2) is 18.0. The fourth-order valence-electron chi connectivity index (χ4n) is 8.44. The van der Waals surface area contributed by atoms with Gasteiger partial charge in [0, 0.05) is 64.9 Å². The number of carbonyl (C=O) groups is 2. The topological polar surface area (TPSA) is 104 Å². The predicted molar refractivity (Wildman–Crippen MR) is 193 cm³/mol. The van der Waals surface area contributed by atoms with E-state index in [1.54, 1.807) is 27.9 Å². The number of Topliss-reactive ketones (excluding diaryl/α,β-unsaturated/α-hetero) is 1. The average molecular weight is 697 g/mol. The van der Waals surface area contributed by atoms with Gasteiger partial charge < -0.3 is 33.9 Å². The van der Waals surface area contributed by atoms with Gasteiger partial charge in [-0.2, -0.15) is 0 Å². The zero-order valence-corrected chi connectivity index (χ0v) is 33.2. The van der Waals surface area contributed by atoms with Gasteiger partial charge in [0.2, 0.25) is 0 Å². The highest BCUT2D eigenvalue weighted by molar-refractivity contribution is 6.04. The first-order valence-electron chi connectivity index (χ1n) is 19.0. The zero-order valence-electron chi connectivity index (χ0n) is 33.2. The molecule has 3 fully saturated rings. The molecule has 0 saturated carbocycles. The molecule has 11 nitrogen and oxygen atoms in total. The third-order valence-electron chi connectivity index (χ3n) is 11.3. The Morgan fingerprint density at radius 1 is 1.02 bits per heavy atom. The number of nitrogens with zero attached hydrogens (tertiary/aromatic N) is 4. The van der Waals surface area contributed by atoms with Crippen molar-refractivity contribution in [1.29, 1.82) is 0 Å². The molecule has 49 heavy (non-hydrogen) atoms. The van der Waals surface area contributed by atoms with Crippen LogP contribution in [0.2, 0.25) is 0 Å². The minimum atomic E-state index is -1.43. The molecule has 3 aliphatic heterocycles. The van der Waals surface area contributed by atoms with E-state index < -0.39 is 47.5 Å². The molecule has 0 aromatic carbocycles. The number of hydrogen-bond acceptors (Lipinski definition) is 11. The smallest absolute Gasteiger partial charge is 0.319 e. The van der Waals surface area contributed by atoms with Crippen molar-refractivity contribution < 1.29 is 33.6 Å². The molecule has 0 unspecified atom stereocenters. The minimum absolute atomic E-state index is 0.0387. The number of hydrogen-bond donors (Lipinski definition) is 1. The molecular weight excluding hydrogens is 624 g/mol. The average Bonchev–Trinajstić information content (AvgIpc) is 3.02. The standard InChI is InChI=1S/C38H72N4O7/c1-14-15-42-23-26(4)21-38(10,46-13)34(49-35-32(43)30(39(11)12)20-27(5)47-35)28(6)33(44)37(8,9)36(45)48-29(7)31(42)24-41-18-16-40(17-19-41)22-25(2)3/h25-32,34-35,43H,14-24H2,1-13H3/t26-,27-,28+,29+,30+,31+,32-,34-,35+,38-/m1/s1. The zero-order chi connectivity index (χ0) is 36.8. The molecule has 0 amide bonds. The normalized spacial score (nSPS) is 38.2. The fraction of sp³-hybridized carbons (Fsp3) is 0.947. The van der Waals surface area contributed by atoms with Crippen molar-refractivity contribution in [2.45, 2.75) is 137 Å². The monoisotopic (exact) mass is 697 g/mol. The number of rotatable bonds is 10. The van der Waals surface area contributed by atoms with Crippen molar-refractivity contribution in [2.75, 3.05) is 73.6 Å². The SMILES string of the molecule is CCCN1C[C@H](C)C[C@@](C)(OC)[C@H](O[C@@H]2O[C@H](C)C[C@H](N(C)C)[C@H]2O)[C@@H](C)C(=O)C(C)(C)C(=O)O[C@@H](C)[C@@H]1CN1CCN(CC(C)C)CC1. The molecule has 10 atom stereocenters. The van der Waals surface area contributed by atoms with Crippen LogP contribution < -0.4 is 0 Å². The molecule has 0 aromatic rings. The van der Waals surface area contributed by atoms with Gasteiger partial charge in [-0.1, -0.05) is 34.6 Å². The van der Waals surface area contributed by atoms with Gasteiger partial charge in [0.25, 0.3) is 0 Å². The quantitative estimate of drug-likeness (QED) is 0.267. The first kappa shape index (κ1) is 42.2. The Bertz CT molecular complexity index is 1050. The van der Waals surface area contributed by atoms with Crippen LogP contribution in [0, 0.1) is 23.2 Å². The maximum absolute atomic E-state index is 14.4. The number of methoxy groups -OCH3 is 1. The van der Waals surface area contributed by atoms with Crippen LogP contribution in [0.4, 0.5) is 0 Å². The summed E-state index contributed by atoms with van der Waals surface area (Å²) in [5.74, 6) is -0.779. The van der Waals surface area contributed by atoms with Gasteiger partial charge in [-0.05, 0) is 86.4 Å². The van der Waals surface area contributed by atoms with E-state index in [1.807, 2.05) is 39.8 Å². The first-order valence-corrected chi connectivity index (χ1v) is 19.0. The number of ether oxygens (including phenoxy) is 4. The predicted octanol–water partition coefficient (Wildman–Crippen LogP) is 3.76. The van der Waals surface area contributed by atoms with Crippen LogP contribution in [-0.4, -0.2) is 158 Å². The summed E-state index contributed by atoms with van der Waals surface area (Å²) >= 11 is 0. The van der Waals surface area contributed by atoms with Crippen molar-refractivity contribution in [3.63, 3.8) is 0 Å². The number of esters is 1. The van der Waals surface area contributed by atoms with Crippen molar-refractivity contribution in [3.8, 4) is 0 Å². The van der Waals surface area contributed by atoms with Gasteiger partial charge in [0.1, 0.15) is 17.6 Å². The summed E-state index contributed by atoms with van der Waals surface area (Å²) in [4.78, 5) is 38.0. The number of piperazine rings is 1. The number of ketones is 1. The van der Waals surface area contributed by atoms with E-state index in [9.17, 15) is 14.7 Å². The largest absolute Gasteiger partial charge is 0.460 e. The van der Waals surface area contributed by atoms with Crippen LogP contribution in [0.3, 0.4) is 0 Å². The second-order valence-electron chi connectivity index (χ2n) is 16.9. The lowest BCUT2D eigenvalue weighted by molar-refractivity contribution is -0.295. The maximum atomic E-state index is 14.4. The Labute approximate surface area is 298 Å². The highest BCUT2D eigenvalue weighted by Crippen LogP contribution is 2.38. The van der Waals surface area contributed by atoms with E-state index in [1.165, 1.54) is 0 Å². The third kappa shape index (κ3) is 10.7. The summed E-state index contributed by atoms with van der Waals surface area (Å²) in [7, 11) is 5.54. The molecule has 3 heterocycles. The van der Waals surface area contributed by atoms with Gasteiger partial charge in [0.05, 0.1) is 23.9 Å². The highest BCUT2D eigenvalue weighted by Gasteiger charge is 2.52. The summed E-state index contributed by atoms with van der Waals surface area (Å²) in [5, 5.41) is 11.4. The van der Waals surface area contributed by atoms with Crippen LogP contribution in [0.1, 0.15) is 88.5 Å². The highest BCUT2D eigenvalue weighted by atomic mass is 16.7. The van der Waals surface area contributed by atoms with Crippen molar-refractivity contribution in [1.82, 2.24) is 19.6 Å². The van der Waals surface area contributed by atoms with Gasteiger partial charge >= 0.3 is 5.97 Å². The summed E-state index contributed by atoms with van der Waals surface area (Å²) in [6.45, 7) is 27.6. The van der Waals surface area contributed by atoms with E-state index in [-0.39, 0.29) is 29.9 Å². The fourth-order valence-corrected chi connectivity index (χ4v) is 8.44. The second-order valence-corrected chi connectivity index (χ2v) is 16.9. The van der Waals surface area contributed by atoms with Crippen molar-refractivity contribution >= 4 is 11.8 Å². The molecule has 0 spiro atoms. The van der Waals surface area contributed by atoms with Crippen LogP contribution in [-0.2, 0) is 28.5 Å². The summed E-state index contributed by atoms with van der Waals surface area (Å²) in [6.07, 6.45) is -1.04. The number of cyclic esters (lactones) is 1. The van der Waals surface area contributed by atoms with E-state index >= 15 is 0 Å². The summed E-state index contributed by atoms with van der Waals surface area (Å²) in [5.41, 5.74) is -2.36. The Kier molecular flexibility index (Phi) is 15.5. The number of aliphatic hydroxyl groups excluding tert-OH is 1. The molecule has 3 rings (SSSR count). The number of aliphatic hydroxyl groups is 1. The van der Waals surface area contributed by atoms with E-state index in [2.05, 4.69) is 42.4 Å². The lowest BCUT2D eigenvalue weighted by Crippen LogP contribution is -2.59. The van der Waals surface area contributed by atoms with Crippen LogP contribution in [0.5, 0.6) is 0 Å². The summed E-state index contributed by atoms with van der Waals surface area (Å²) in [6, 6.07) is -0.212. The first-order chi connectivity index (χ1) is 22.8. The maximum Gasteiger partial charge on any atom is 0.319 e. The third-order valence-corrected chi connectivity index (χ3v) is 11.3. The number of carbonyl (C=O) groups excluding carboxylic acids is 2. The van der Waals surface area contributed by atoms with Gasteiger partial charge in [0.15, 0.2) is 12.1 Å². The Hall–Kier alpha value is -1.18. The van der Waals surface area contributed by atoms with E-state index in [0.717, 1.165) is 58.8 Å². The van der Waals surface area contributed by atoms with Crippen LogP contribution in [0.25, 0.3) is 0 Å². The Morgan fingerprint density at radius 2 is 1.63 bits per heavy atom. The lowest BCUT2D eigenvalue weighted by Gasteiger charge is -2.47. The van der Waals surface area contributed by atoms with Crippen molar-refractivity contribution in [3.05, 3.63) is 0 Å². The molecule has 3 saturated heterocycles. The molecule has 3 aliphatic rings. The molecule has 1 N–H and O–H groups in total. The molecule has 0 bridgehead atoms. The van der Waals surface area contributed by atoms with Gasteiger partial charge in [-0.15, -0.1) is 0 Å². The van der Waals surface area contributed by atoms with Crippen molar-refractivity contribution in [2.24, 2.45) is 23.2 Å². The van der Waals surface area contributed by atoms with Gasteiger partial charge in [-0.3, -0.25) is 19.4 Å². The van der Waals surface area contributed by atoms with Gasteiger partial charge in [-0.25, -0.2) is 0 Å². The Morgan fingerprint density at radius 3 is 2.18 bits per heavy atom. The van der Waals surface area contributed by atoms with E-state index in [0.29, 0.717) is 18.8 Å². The van der Waals surface area contributed by atoms with Crippen LogP contribution in [0.15, 0.2) is 0 Å². The van der Waals surface area contributed by atoms with Crippen LogP contribution >= 0.6 is 0 Å².